The first-order valence-electron chi connectivity index (χ1n) is 3.76. The molecule has 3 heteroatoms. The molecule has 0 aliphatic rings. The second kappa shape index (κ2) is 3.32. The van der Waals surface area contributed by atoms with E-state index in [9.17, 15) is 4.79 Å². The number of aldehydes is 1. The molecule has 0 fully saturated rings. The Balaban J connectivity index is 2.87. The molecule has 60 valence electrons. The monoisotopic (exact) mass is 152 g/mol. The summed E-state index contributed by atoms with van der Waals surface area (Å²) in [4.78, 5) is 10.3. The predicted octanol–water partition coefficient (Wildman–Crippen LogP) is 1.19. The van der Waals surface area contributed by atoms with Crippen molar-refractivity contribution in [2.24, 2.45) is 7.05 Å². The van der Waals surface area contributed by atoms with Crippen molar-refractivity contribution in [2.75, 3.05) is 0 Å². The Morgan fingerprint density at radius 2 is 2.45 bits per heavy atom. The fourth-order valence-corrected chi connectivity index (χ4v) is 1.08. The van der Waals surface area contributed by atoms with Gasteiger partial charge in [-0.05, 0) is 12.5 Å². The highest BCUT2D eigenvalue weighted by Crippen LogP contribution is 2.03. The van der Waals surface area contributed by atoms with Crippen LogP contribution in [-0.2, 0) is 13.5 Å². The molecule has 0 aliphatic carbocycles. The quantitative estimate of drug-likeness (QED) is 0.610. The van der Waals surface area contributed by atoms with Gasteiger partial charge in [-0.1, -0.05) is 13.3 Å². The maximum Gasteiger partial charge on any atom is 0.170 e. The van der Waals surface area contributed by atoms with Gasteiger partial charge in [-0.2, -0.15) is 5.10 Å². The summed E-state index contributed by atoms with van der Waals surface area (Å²) in [5.41, 5.74) is 1.64. The second-order valence-electron chi connectivity index (χ2n) is 2.55. The molecule has 1 aromatic heterocycles. The van der Waals surface area contributed by atoms with Gasteiger partial charge in [0.2, 0.25) is 0 Å². The molecule has 1 rings (SSSR count). The number of carbonyl (C=O) groups excluding carboxylic acids is 1. The van der Waals surface area contributed by atoms with E-state index >= 15 is 0 Å². The molecule has 0 N–H and O–H groups in total. The molecule has 0 saturated carbocycles. The van der Waals surface area contributed by atoms with Crippen LogP contribution in [0.3, 0.4) is 0 Å². The number of nitrogens with zero attached hydrogens (tertiary/aromatic N) is 2. The van der Waals surface area contributed by atoms with Crippen molar-refractivity contribution in [2.45, 2.75) is 19.8 Å². The average Bonchev–Trinajstić information content (AvgIpc) is 2.33. The topological polar surface area (TPSA) is 34.9 Å². The van der Waals surface area contributed by atoms with Crippen molar-refractivity contribution in [1.29, 1.82) is 0 Å². The molecule has 0 bridgehead atoms. The van der Waals surface area contributed by atoms with E-state index in [1.54, 1.807) is 4.68 Å². The van der Waals surface area contributed by atoms with Gasteiger partial charge in [0.25, 0.3) is 0 Å². The van der Waals surface area contributed by atoms with Crippen molar-refractivity contribution in [1.82, 2.24) is 9.78 Å². The normalized spacial score (nSPS) is 10.0. The van der Waals surface area contributed by atoms with Gasteiger partial charge in [0.15, 0.2) is 6.29 Å². The molecule has 0 aromatic carbocycles. The van der Waals surface area contributed by atoms with E-state index in [0.29, 0.717) is 5.69 Å². The fourth-order valence-electron chi connectivity index (χ4n) is 1.08. The molecular formula is C8H12N2O. The minimum absolute atomic E-state index is 0.524. The van der Waals surface area contributed by atoms with Gasteiger partial charge in [-0.3, -0.25) is 9.48 Å². The first-order valence-corrected chi connectivity index (χ1v) is 3.76. The molecule has 0 saturated heterocycles. The van der Waals surface area contributed by atoms with Gasteiger partial charge in [0.1, 0.15) is 5.69 Å². The third-order valence-electron chi connectivity index (χ3n) is 1.62. The summed E-state index contributed by atoms with van der Waals surface area (Å²) in [7, 11) is 1.86. The van der Waals surface area contributed by atoms with Crippen LogP contribution in [0.5, 0.6) is 0 Å². The lowest BCUT2D eigenvalue weighted by molar-refractivity contribution is 0.111. The standard InChI is InChI=1S/C8H12N2O/c1-3-4-8-5-7(6-11)9-10(8)2/h5-6H,3-4H2,1-2H3. The van der Waals surface area contributed by atoms with Crippen molar-refractivity contribution >= 4 is 6.29 Å². The van der Waals surface area contributed by atoms with E-state index in [1.165, 1.54) is 0 Å². The summed E-state index contributed by atoms with van der Waals surface area (Å²) in [6, 6.07) is 1.83. The fraction of sp³-hybridized carbons (Fsp3) is 0.500. The molecule has 0 atom stereocenters. The van der Waals surface area contributed by atoms with E-state index < -0.39 is 0 Å². The molecular weight excluding hydrogens is 140 g/mol. The second-order valence-corrected chi connectivity index (χ2v) is 2.55. The van der Waals surface area contributed by atoms with Gasteiger partial charge < -0.3 is 0 Å². The summed E-state index contributed by atoms with van der Waals surface area (Å²) >= 11 is 0. The van der Waals surface area contributed by atoms with Crippen molar-refractivity contribution in [3.63, 3.8) is 0 Å². The number of aromatic nitrogens is 2. The van der Waals surface area contributed by atoms with E-state index in [2.05, 4.69) is 12.0 Å². The van der Waals surface area contributed by atoms with Crippen LogP contribution in [0, 0.1) is 0 Å². The van der Waals surface area contributed by atoms with E-state index in [4.69, 9.17) is 0 Å². The molecule has 0 radical (unpaired) electrons. The molecule has 0 amide bonds. The Labute approximate surface area is 66.0 Å². The van der Waals surface area contributed by atoms with Crippen LogP contribution in [0.2, 0.25) is 0 Å². The summed E-state index contributed by atoms with van der Waals surface area (Å²) in [6.07, 6.45) is 2.84. The van der Waals surface area contributed by atoms with Crippen molar-refractivity contribution < 1.29 is 4.79 Å². The van der Waals surface area contributed by atoms with Crippen LogP contribution < -0.4 is 0 Å². The van der Waals surface area contributed by atoms with E-state index in [-0.39, 0.29) is 0 Å². The third kappa shape index (κ3) is 1.67. The van der Waals surface area contributed by atoms with Gasteiger partial charge in [-0.25, -0.2) is 0 Å². The zero-order chi connectivity index (χ0) is 8.27. The van der Waals surface area contributed by atoms with Gasteiger partial charge in [0, 0.05) is 12.7 Å². The molecule has 1 aromatic rings. The highest BCUT2D eigenvalue weighted by molar-refractivity contribution is 5.71. The van der Waals surface area contributed by atoms with Gasteiger partial charge in [-0.15, -0.1) is 0 Å². The Kier molecular flexibility index (Phi) is 2.41. The molecule has 0 spiro atoms. The zero-order valence-corrected chi connectivity index (χ0v) is 6.87. The van der Waals surface area contributed by atoms with Crippen LogP contribution in [0.25, 0.3) is 0 Å². The number of hydrogen-bond acceptors (Lipinski definition) is 2. The number of aryl methyl sites for hydroxylation is 2. The predicted molar refractivity (Wildman–Crippen MR) is 42.6 cm³/mol. The maximum atomic E-state index is 10.3. The summed E-state index contributed by atoms with van der Waals surface area (Å²) in [5, 5.41) is 4.00. The van der Waals surface area contributed by atoms with Crippen molar-refractivity contribution in [3.8, 4) is 0 Å². The van der Waals surface area contributed by atoms with Crippen LogP contribution >= 0.6 is 0 Å². The van der Waals surface area contributed by atoms with Gasteiger partial charge in [0.05, 0.1) is 0 Å². The van der Waals surface area contributed by atoms with Crippen LogP contribution in [0.15, 0.2) is 6.07 Å². The Morgan fingerprint density at radius 1 is 1.73 bits per heavy atom. The highest BCUT2D eigenvalue weighted by Gasteiger charge is 2.01. The largest absolute Gasteiger partial charge is 0.296 e. The van der Waals surface area contributed by atoms with E-state index in [0.717, 1.165) is 24.8 Å². The van der Waals surface area contributed by atoms with Crippen LogP contribution in [-0.4, -0.2) is 16.1 Å². The smallest absolute Gasteiger partial charge is 0.170 e. The SMILES string of the molecule is CCCc1cc(C=O)nn1C. The zero-order valence-electron chi connectivity index (χ0n) is 6.87. The van der Waals surface area contributed by atoms with Gasteiger partial charge >= 0.3 is 0 Å². The lowest BCUT2D eigenvalue weighted by Gasteiger charge is -1.95. The van der Waals surface area contributed by atoms with E-state index in [1.807, 2.05) is 13.1 Å². The number of hydrogen-bond donors (Lipinski definition) is 0. The summed E-state index contributed by atoms with van der Waals surface area (Å²) in [5.74, 6) is 0. The lowest BCUT2D eigenvalue weighted by Crippen LogP contribution is -1.97. The first-order chi connectivity index (χ1) is 5.27. The van der Waals surface area contributed by atoms with Crippen LogP contribution in [0.4, 0.5) is 0 Å². The molecule has 0 aliphatic heterocycles. The van der Waals surface area contributed by atoms with Crippen LogP contribution in [0.1, 0.15) is 29.5 Å². The molecule has 0 unspecified atom stereocenters. The Hall–Kier alpha value is -1.12. The summed E-state index contributed by atoms with van der Waals surface area (Å²) in [6.45, 7) is 2.10. The molecule has 3 nitrogen and oxygen atoms in total. The molecule has 1 heterocycles. The third-order valence-corrected chi connectivity index (χ3v) is 1.62. The lowest BCUT2D eigenvalue weighted by atomic mass is 10.2. The average molecular weight is 152 g/mol. The Bertz CT molecular complexity index is 253. The highest BCUT2D eigenvalue weighted by atomic mass is 16.1. The molecule has 11 heavy (non-hydrogen) atoms. The van der Waals surface area contributed by atoms with Crippen molar-refractivity contribution in [3.05, 3.63) is 17.5 Å². The summed E-state index contributed by atoms with van der Waals surface area (Å²) < 4.78 is 1.76. The minimum atomic E-state index is 0.524. The maximum absolute atomic E-state index is 10.3. The Morgan fingerprint density at radius 3 is 2.91 bits per heavy atom. The minimum Gasteiger partial charge on any atom is -0.296 e. The first kappa shape index (κ1) is 7.98. The number of rotatable bonds is 3. The number of carbonyl (C=O) groups is 1.